The Morgan fingerprint density at radius 3 is 2.56 bits per heavy atom. The van der Waals surface area contributed by atoms with E-state index >= 15 is 4.39 Å². The van der Waals surface area contributed by atoms with Crippen molar-refractivity contribution in [3.8, 4) is 0 Å². The summed E-state index contributed by atoms with van der Waals surface area (Å²) >= 11 is 0.818. The number of aromatic amines is 1. The second-order valence-electron chi connectivity index (χ2n) is 10.3. The van der Waals surface area contributed by atoms with Crippen LogP contribution in [0.1, 0.15) is 40.8 Å². The van der Waals surface area contributed by atoms with Crippen LogP contribution in [0.15, 0.2) is 21.9 Å². The van der Waals surface area contributed by atoms with E-state index in [4.69, 9.17) is 24.3 Å². The summed E-state index contributed by atoms with van der Waals surface area (Å²) in [7, 11) is -4.45. The third-order valence-electron chi connectivity index (χ3n) is 6.00. The molecular formula is C23H38FN4O11PS. The maximum absolute atomic E-state index is 15.2. The molecule has 1 aliphatic heterocycles. The van der Waals surface area contributed by atoms with E-state index in [0.717, 1.165) is 24.0 Å². The summed E-state index contributed by atoms with van der Waals surface area (Å²) in [6.07, 6.45) is -5.40. The molecule has 0 amide bonds. The average molecular weight is 629 g/mol. The van der Waals surface area contributed by atoms with E-state index in [1.807, 2.05) is 4.98 Å². The van der Waals surface area contributed by atoms with E-state index < -0.39 is 79.8 Å². The number of carbonyl (C=O) groups excluding carboxylic acids is 2. The number of aliphatic hydroxyl groups is 2. The topological polar surface area (TPSA) is 221 Å². The Morgan fingerprint density at radius 1 is 1.34 bits per heavy atom. The predicted molar refractivity (Wildman–Crippen MR) is 146 cm³/mol. The third kappa shape index (κ3) is 9.02. The number of hydrogen-bond acceptors (Lipinski definition) is 13. The largest absolute Gasteiger partial charge is 0.462 e. The number of hydrogen-bond donors (Lipinski definition) is 5. The van der Waals surface area contributed by atoms with Crippen molar-refractivity contribution in [3.63, 3.8) is 0 Å². The maximum Gasteiger partial charge on any atom is 0.406 e. The van der Waals surface area contributed by atoms with Gasteiger partial charge in [0.2, 0.25) is 0 Å². The number of ether oxygens (including phenoxy) is 2. The molecule has 0 spiro atoms. The van der Waals surface area contributed by atoms with Gasteiger partial charge in [-0.05, 0) is 34.6 Å². The van der Waals surface area contributed by atoms with Crippen LogP contribution in [0.2, 0.25) is 0 Å². The Bertz CT molecular complexity index is 1230. The molecule has 234 valence electrons. The molecule has 0 aliphatic carbocycles. The highest BCUT2D eigenvalue weighted by Crippen LogP contribution is 2.48. The molecule has 6 N–H and O–H groups in total. The van der Waals surface area contributed by atoms with Crippen LogP contribution >= 0.6 is 19.5 Å². The molecule has 2 rings (SSSR count). The molecule has 1 aliphatic rings. The van der Waals surface area contributed by atoms with Crippen molar-refractivity contribution in [2.75, 3.05) is 32.1 Å². The smallest absolute Gasteiger partial charge is 0.406 e. The monoisotopic (exact) mass is 628 g/mol. The second-order valence-corrected chi connectivity index (χ2v) is 13.1. The van der Waals surface area contributed by atoms with Crippen molar-refractivity contribution in [1.82, 2.24) is 14.6 Å². The van der Waals surface area contributed by atoms with Gasteiger partial charge in [0.05, 0.1) is 31.3 Å². The van der Waals surface area contributed by atoms with Gasteiger partial charge in [0.15, 0.2) is 17.5 Å². The van der Waals surface area contributed by atoms with Crippen molar-refractivity contribution in [2.24, 2.45) is 11.1 Å². The van der Waals surface area contributed by atoms with E-state index in [9.17, 15) is 34.0 Å². The molecule has 0 bridgehead atoms. The quantitative estimate of drug-likeness (QED) is 0.0966. The number of carbonyl (C=O) groups is 2. The summed E-state index contributed by atoms with van der Waals surface area (Å²) in [5.74, 6) is -0.791. The molecule has 2 unspecified atom stereocenters. The zero-order chi connectivity index (χ0) is 31.2. The van der Waals surface area contributed by atoms with Crippen molar-refractivity contribution in [2.45, 2.75) is 70.9 Å². The number of nitrogens with one attached hydrogen (secondary N) is 2. The zero-order valence-corrected chi connectivity index (χ0v) is 25.1. The fraction of sp³-hybridized carbons (Fsp3) is 0.739. The van der Waals surface area contributed by atoms with Crippen LogP contribution < -0.4 is 22.1 Å². The van der Waals surface area contributed by atoms with Gasteiger partial charge in [-0.15, -0.1) is 0 Å². The third-order valence-corrected chi connectivity index (χ3v) is 8.88. The van der Waals surface area contributed by atoms with Gasteiger partial charge in [-0.25, -0.2) is 18.8 Å². The van der Waals surface area contributed by atoms with Crippen LogP contribution in [-0.2, 0) is 32.7 Å². The van der Waals surface area contributed by atoms with Gasteiger partial charge in [0.1, 0.15) is 17.7 Å². The van der Waals surface area contributed by atoms with Crippen LogP contribution in [-0.4, -0.2) is 93.0 Å². The molecule has 1 aromatic heterocycles. The van der Waals surface area contributed by atoms with Crippen LogP contribution in [0, 0.1) is 5.41 Å². The first-order valence-electron chi connectivity index (χ1n) is 12.7. The van der Waals surface area contributed by atoms with Crippen molar-refractivity contribution in [1.29, 1.82) is 0 Å². The minimum Gasteiger partial charge on any atom is -0.462 e. The van der Waals surface area contributed by atoms with Crippen LogP contribution in [0.4, 0.5) is 4.39 Å². The number of thioether (sulfide) groups is 1. The van der Waals surface area contributed by atoms with Gasteiger partial charge >= 0.3 is 19.4 Å². The highest BCUT2D eigenvalue weighted by Gasteiger charge is 2.56. The minimum atomic E-state index is -4.45. The standard InChI is InChI=1S/C23H38FN4O11PS/c1-13(2)38-19(32)14(3)27-40(35,36-8-9-41-20(33)22(4,5)11-29)37-12-23(10-25)17(31)16(24)18(39-23)28-7-6-15(30)26-21(28)34/h6-7,13-14,16-18,29,31H,8-12,25H2,1-5H3,(H,27,35)(H,26,30,34)/t14?,16-,17+,18-,23-,40?/m1/s1. The summed E-state index contributed by atoms with van der Waals surface area (Å²) in [6.45, 7) is 5.56. The molecule has 1 aromatic rings. The number of alkyl halides is 1. The van der Waals surface area contributed by atoms with Crippen molar-refractivity contribution >= 4 is 30.6 Å². The molecule has 18 heteroatoms. The lowest BCUT2D eigenvalue weighted by atomic mass is 9.97. The zero-order valence-electron chi connectivity index (χ0n) is 23.4. The van der Waals surface area contributed by atoms with Gasteiger partial charge in [-0.1, -0.05) is 11.8 Å². The number of nitrogens with two attached hydrogens (primary N) is 1. The first-order valence-corrected chi connectivity index (χ1v) is 15.2. The molecule has 2 heterocycles. The summed E-state index contributed by atoms with van der Waals surface area (Å²) in [5, 5.41) is 22.1. The van der Waals surface area contributed by atoms with Gasteiger partial charge in [-0.2, -0.15) is 0 Å². The van der Waals surface area contributed by atoms with Crippen molar-refractivity contribution < 1.29 is 47.3 Å². The summed E-state index contributed by atoms with van der Waals surface area (Å²) in [5.41, 5.74) is 1.02. The fourth-order valence-corrected chi connectivity index (χ4v) is 5.94. The highest BCUT2D eigenvalue weighted by molar-refractivity contribution is 8.13. The SMILES string of the molecule is CC(C)OC(=O)C(C)NP(=O)(OCCSC(=O)C(C)(C)CO)OC[C@@]1(CN)O[C@@H](n2ccc(=O)[nH]c2=O)[C@H](F)[C@@H]1O. The summed E-state index contributed by atoms with van der Waals surface area (Å²) < 4.78 is 51.2. The second kappa shape index (κ2) is 14.5. The normalized spacial score (nSPS) is 25.2. The molecule has 41 heavy (non-hydrogen) atoms. The van der Waals surface area contributed by atoms with Crippen LogP contribution in [0.25, 0.3) is 0 Å². The van der Waals surface area contributed by atoms with Gasteiger partial charge in [0.25, 0.3) is 5.56 Å². The molecule has 0 aromatic carbocycles. The van der Waals surface area contributed by atoms with Gasteiger partial charge < -0.3 is 25.4 Å². The predicted octanol–water partition coefficient (Wildman–Crippen LogP) is -0.189. The van der Waals surface area contributed by atoms with E-state index in [0.29, 0.717) is 4.57 Å². The molecule has 15 nitrogen and oxygen atoms in total. The molecule has 0 radical (unpaired) electrons. The van der Waals surface area contributed by atoms with E-state index in [-0.39, 0.29) is 24.1 Å². The fourth-order valence-electron chi connectivity index (χ4n) is 3.49. The minimum absolute atomic E-state index is 0.00692. The number of halogens is 1. The lowest BCUT2D eigenvalue weighted by Crippen LogP contribution is -2.52. The summed E-state index contributed by atoms with van der Waals surface area (Å²) in [6, 6.07) is -0.257. The molecule has 6 atom stereocenters. The highest BCUT2D eigenvalue weighted by atomic mass is 32.2. The van der Waals surface area contributed by atoms with E-state index in [1.54, 1.807) is 27.7 Å². The number of H-pyrrole nitrogens is 1. The van der Waals surface area contributed by atoms with Gasteiger partial charge in [0, 0.05) is 24.6 Å². The van der Waals surface area contributed by atoms with E-state index in [2.05, 4.69) is 5.09 Å². The Hall–Kier alpha value is -1.95. The maximum atomic E-state index is 15.2. The first-order chi connectivity index (χ1) is 19.0. The molecule has 1 fully saturated rings. The lowest BCUT2D eigenvalue weighted by Gasteiger charge is -2.32. The van der Waals surface area contributed by atoms with E-state index in [1.165, 1.54) is 6.92 Å². The number of esters is 1. The van der Waals surface area contributed by atoms with Crippen LogP contribution in [0.3, 0.4) is 0 Å². The summed E-state index contributed by atoms with van der Waals surface area (Å²) in [4.78, 5) is 50.1. The first kappa shape index (κ1) is 35.2. The number of aromatic nitrogens is 2. The van der Waals surface area contributed by atoms with Crippen molar-refractivity contribution in [3.05, 3.63) is 33.1 Å². The average Bonchev–Trinajstić information content (AvgIpc) is 3.15. The molecule has 0 saturated carbocycles. The Labute approximate surface area is 239 Å². The Balaban J connectivity index is 2.23. The number of rotatable bonds is 15. The molecule has 1 saturated heterocycles. The molecular weight excluding hydrogens is 590 g/mol. The Morgan fingerprint density at radius 2 is 2.00 bits per heavy atom. The lowest BCUT2D eigenvalue weighted by molar-refractivity contribution is -0.149. The number of aliphatic hydroxyl groups excluding tert-OH is 2. The van der Waals surface area contributed by atoms with Crippen LogP contribution in [0.5, 0.6) is 0 Å². The Kier molecular flexibility index (Phi) is 12.5. The van der Waals surface area contributed by atoms with Gasteiger partial charge in [-0.3, -0.25) is 33.0 Å². The number of nitrogens with zero attached hydrogens (tertiary/aromatic N) is 1.